The van der Waals surface area contributed by atoms with Gasteiger partial charge in [0, 0.05) is 10.4 Å². The van der Waals surface area contributed by atoms with E-state index in [1.54, 1.807) is 11.3 Å². The Kier molecular flexibility index (Phi) is 3.18. The number of hydrogen-bond donors (Lipinski definition) is 1. The Bertz CT molecular complexity index is 574. The van der Waals surface area contributed by atoms with Gasteiger partial charge in [0.1, 0.15) is 5.01 Å². The van der Waals surface area contributed by atoms with Crippen LogP contribution in [0.3, 0.4) is 0 Å². The van der Waals surface area contributed by atoms with Crippen LogP contribution >= 0.6 is 11.3 Å². The minimum Gasteiger partial charge on any atom is -0.389 e. The van der Waals surface area contributed by atoms with Crippen molar-refractivity contribution in [1.82, 2.24) is 4.98 Å². The van der Waals surface area contributed by atoms with Crippen molar-refractivity contribution in [3.8, 4) is 11.3 Å². The lowest BCUT2D eigenvalue weighted by Gasteiger charge is -2.16. The van der Waals surface area contributed by atoms with E-state index in [4.69, 9.17) is 5.11 Å². The van der Waals surface area contributed by atoms with Gasteiger partial charge in [0.2, 0.25) is 0 Å². The van der Waals surface area contributed by atoms with E-state index in [-0.39, 0.29) is 6.61 Å². The minimum atomic E-state index is 0.0381. The standard InChI is InChI=1S/C15H17NOS/c1-10-15(16-14(9-17)18-10)13-7-6-11-4-2-3-5-12(11)8-13/h6-8,17H,2-5,9H2,1H3. The van der Waals surface area contributed by atoms with Crippen molar-refractivity contribution < 1.29 is 5.11 Å². The van der Waals surface area contributed by atoms with Crippen molar-refractivity contribution >= 4 is 11.3 Å². The van der Waals surface area contributed by atoms with Crippen molar-refractivity contribution in [2.24, 2.45) is 0 Å². The third kappa shape index (κ3) is 2.08. The first-order valence-corrected chi connectivity index (χ1v) is 7.29. The number of nitrogens with zero attached hydrogens (tertiary/aromatic N) is 1. The van der Waals surface area contributed by atoms with E-state index in [0.717, 1.165) is 10.7 Å². The molecule has 18 heavy (non-hydrogen) atoms. The molecule has 0 radical (unpaired) electrons. The summed E-state index contributed by atoms with van der Waals surface area (Å²) in [4.78, 5) is 5.71. The van der Waals surface area contributed by atoms with E-state index in [1.807, 2.05) is 0 Å². The van der Waals surface area contributed by atoms with Crippen LogP contribution in [-0.2, 0) is 19.4 Å². The number of rotatable bonds is 2. The first-order chi connectivity index (χ1) is 8.78. The third-order valence-electron chi connectivity index (χ3n) is 3.60. The molecule has 1 N–H and O–H groups in total. The summed E-state index contributed by atoms with van der Waals surface area (Å²) >= 11 is 1.59. The third-order valence-corrected chi connectivity index (χ3v) is 4.55. The Labute approximate surface area is 111 Å². The zero-order chi connectivity index (χ0) is 12.5. The summed E-state index contributed by atoms with van der Waals surface area (Å²) in [5.74, 6) is 0. The highest BCUT2D eigenvalue weighted by Crippen LogP contribution is 2.31. The quantitative estimate of drug-likeness (QED) is 0.895. The van der Waals surface area contributed by atoms with Crippen LogP contribution in [0.1, 0.15) is 33.9 Å². The van der Waals surface area contributed by atoms with E-state index in [2.05, 4.69) is 30.1 Å². The zero-order valence-corrected chi connectivity index (χ0v) is 11.4. The summed E-state index contributed by atoms with van der Waals surface area (Å²) < 4.78 is 0. The number of aliphatic hydroxyl groups excluding tert-OH is 1. The number of thiazole rings is 1. The lowest BCUT2D eigenvalue weighted by atomic mass is 9.90. The second-order valence-electron chi connectivity index (χ2n) is 4.86. The van der Waals surface area contributed by atoms with Crippen LogP contribution in [-0.4, -0.2) is 10.1 Å². The van der Waals surface area contributed by atoms with E-state index in [1.165, 1.54) is 47.3 Å². The van der Waals surface area contributed by atoms with Crippen molar-refractivity contribution in [1.29, 1.82) is 0 Å². The Morgan fingerprint density at radius 3 is 2.72 bits per heavy atom. The molecule has 1 aromatic carbocycles. The average Bonchev–Trinajstić information content (AvgIpc) is 2.79. The van der Waals surface area contributed by atoms with Gasteiger partial charge in [-0.3, -0.25) is 0 Å². The summed E-state index contributed by atoms with van der Waals surface area (Å²) in [5, 5.41) is 9.97. The first-order valence-electron chi connectivity index (χ1n) is 6.47. The molecule has 0 bridgehead atoms. The smallest absolute Gasteiger partial charge is 0.119 e. The lowest BCUT2D eigenvalue weighted by molar-refractivity contribution is 0.281. The Balaban J connectivity index is 2.03. The van der Waals surface area contributed by atoms with Gasteiger partial charge < -0.3 is 5.11 Å². The molecule has 1 heterocycles. The fraction of sp³-hybridized carbons (Fsp3) is 0.400. The van der Waals surface area contributed by atoms with Crippen molar-refractivity contribution in [2.75, 3.05) is 0 Å². The van der Waals surface area contributed by atoms with Gasteiger partial charge in [0.05, 0.1) is 12.3 Å². The second-order valence-corrected chi connectivity index (χ2v) is 6.15. The summed E-state index contributed by atoms with van der Waals surface area (Å²) in [6.45, 7) is 2.11. The van der Waals surface area contributed by atoms with Crippen LogP contribution in [0.4, 0.5) is 0 Å². The zero-order valence-electron chi connectivity index (χ0n) is 10.6. The van der Waals surface area contributed by atoms with Crippen LogP contribution in [0.15, 0.2) is 18.2 Å². The molecule has 94 valence electrons. The molecule has 1 aliphatic rings. The number of aromatic nitrogens is 1. The molecule has 0 unspecified atom stereocenters. The minimum absolute atomic E-state index is 0.0381. The highest BCUT2D eigenvalue weighted by Gasteiger charge is 2.13. The number of hydrogen-bond acceptors (Lipinski definition) is 3. The molecular weight excluding hydrogens is 242 g/mol. The molecule has 0 spiro atoms. The first kappa shape index (κ1) is 11.9. The maximum atomic E-state index is 9.16. The molecule has 1 aromatic heterocycles. The SMILES string of the molecule is Cc1sc(CO)nc1-c1ccc2c(c1)CCCC2. The molecule has 0 amide bonds. The lowest BCUT2D eigenvalue weighted by Crippen LogP contribution is -2.02. The van der Waals surface area contributed by atoms with Crippen molar-refractivity contribution in [2.45, 2.75) is 39.2 Å². The number of benzene rings is 1. The van der Waals surface area contributed by atoms with E-state index in [0.29, 0.717) is 0 Å². The number of fused-ring (bicyclic) bond motifs is 1. The van der Waals surface area contributed by atoms with E-state index < -0.39 is 0 Å². The van der Waals surface area contributed by atoms with E-state index >= 15 is 0 Å². The summed E-state index contributed by atoms with van der Waals surface area (Å²) in [6, 6.07) is 6.71. The van der Waals surface area contributed by atoms with Gasteiger partial charge in [-0.1, -0.05) is 12.1 Å². The van der Waals surface area contributed by atoms with Crippen LogP contribution in [0.2, 0.25) is 0 Å². The predicted molar refractivity (Wildman–Crippen MR) is 74.9 cm³/mol. The fourth-order valence-electron chi connectivity index (χ4n) is 2.67. The van der Waals surface area contributed by atoms with Gasteiger partial charge >= 0.3 is 0 Å². The molecule has 1 aliphatic carbocycles. The highest BCUT2D eigenvalue weighted by molar-refractivity contribution is 7.12. The molecule has 3 rings (SSSR count). The number of aryl methyl sites for hydroxylation is 3. The fourth-order valence-corrected chi connectivity index (χ4v) is 3.48. The molecule has 0 atom stereocenters. The average molecular weight is 259 g/mol. The van der Waals surface area contributed by atoms with Gasteiger partial charge in [-0.15, -0.1) is 11.3 Å². The van der Waals surface area contributed by atoms with Crippen molar-refractivity contribution in [3.63, 3.8) is 0 Å². The number of aliphatic hydroxyl groups is 1. The van der Waals surface area contributed by atoms with Crippen LogP contribution in [0.5, 0.6) is 0 Å². The van der Waals surface area contributed by atoms with Gasteiger partial charge in [-0.05, 0) is 49.8 Å². The van der Waals surface area contributed by atoms with Gasteiger partial charge in [0.15, 0.2) is 0 Å². The van der Waals surface area contributed by atoms with Crippen LogP contribution < -0.4 is 0 Å². The Hall–Kier alpha value is -1.19. The second kappa shape index (κ2) is 4.82. The highest BCUT2D eigenvalue weighted by atomic mass is 32.1. The molecule has 2 aromatic rings. The largest absolute Gasteiger partial charge is 0.389 e. The van der Waals surface area contributed by atoms with Crippen LogP contribution in [0.25, 0.3) is 11.3 Å². The Morgan fingerprint density at radius 1 is 1.22 bits per heavy atom. The van der Waals surface area contributed by atoms with Crippen LogP contribution in [0, 0.1) is 6.92 Å². The van der Waals surface area contributed by atoms with Gasteiger partial charge in [-0.25, -0.2) is 4.98 Å². The normalized spacial score (nSPS) is 14.6. The van der Waals surface area contributed by atoms with Gasteiger partial charge in [0.25, 0.3) is 0 Å². The summed E-state index contributed by atoms with van der Waals surface area (Å²) in [5.41, 5.74) is 5.22. The Morgan fingerprint density at radius 2 is 2.00 bits per heavy atom. The van der Waals surface area contributed by atoms with Crippen molar-refractivity contribution in [3.05, 3.63) is 39.2 Å². The molecule has 0 fully saturated rings. The topological polar surface area (TPSA) is 33.1 Å². The van der Waals surface area contributed by atoms with E-state index in [9.17, 15) is 0 Å². The maximum absolute atomic E-state index is 9.16. The van der Waals surface area contributed by atoms with Gasteiger partial charge in [-0.2, -0.15) is 0 Å². The molecule has 0 saturated carbocycles. The molecule has 3 heteroatoms. The molecular formula is C15H17NOS. The summed E-state index contributed by atoms with van der Waals surface area (Å²) in [6.07, 6.45) is 5.03. The summed E-state index contributed by atoms with van der Waals surface area (Å²) in [7, 11) is 0. The monoisotopic (exact) mass is 259 g/mol. The molecule has 0 aliphatic heterocycles. The maximum Gasteiger partial charge on any atom is 0.119 e. The molecule has 0 saturated heterocycles. The molecule has 2 nitrogen and oxygen atoms in total. The predicted octanol–water partition coefficient (Wildman–Crippen LogP) is 3.49.